The van der Waals surface area contributed by atoms with Crippen LogP contribution >= 0.6 is 46.7 Å². The SMILES string of the molecule is O=C(NCCSc1ccc(Cl)cc1)c1ccc(C(=O)NCCSc2ccc(Cl)cc2)cc1. The van der Waals surface area contributed by atoms with Crippen LogP contribution in [0.1, 0.15) is 20.7 Å². The van der Waals surface area contributed by atoms with Crippen molar-refractivity contribution in [2.45, 2.75) is 9.79 Å². The third-order valence-electron chi connectivity index (χ3n) is 4.35. The Labute approximate surface area is 206 Å². The monoisotopic (exact) mass is 504 g/mol. The second-order valence-corrected chi connectivity index (χ2v) is 9.90. The molecule has 0 aliphatic rings. The smallest absolute Gasteiger partial charge is 0.251 e. The predicted octanol–water partition coefficient (Wildman–Crippen LogP) is 6.04. The van der Waals surface area contributed by atoms with Crippen LogP contribution in [0.4, 0.5) is 0 Å². The molecule has 4 nitrogen and oxygen atoms in total. The van der Waals surface area contributed by atoms with Gasteiger partial charge < -0.3 is 10.6 Å². The third kappa shape index (κ3) is 8.10. The van der Waals surface area contributed by atoms with E-state index in [9.17, 15) is 9.59 Å². The summed E-state index contributed by atoms with van der Waals surface area (Å²) in [5.41, 5.74) is 1.05. The number of hydrogen-bond donors (Lipinski definition) is 2. The number of rotatable bonds is 10. The van der Waals surface area contributed by atoms with E-state index in [-0.39, 0.29) is 11.8 Å². The predicted molar refractivity (Wildman–Crippen MR) is 135 cm³/mol. The summed E-state index contributed by atoms with van der Waals surface area (Å²) in [6.07, 6.45) is 0. The van der Waals surface area contributed by atoms with Gasteiger partial charge >= 0.3 is 0 Å². The highest BCUT2D eigenvalue weighted by Gasteiger charge is 2.09. The lowest BCUT2D eigenvalue weighted by Crippen LogP contribution is -2.27. The summed E-state index contributed by atoms with van der Waals surface area (Å²) in [6.45, 7) is 1.08. The first-order valence-electron chi connectivity index (χ1n) is 9.94. The first kappa shape index (κ1) is 24.5. The van der Waals surface area contributed by atoms with Gasteiger partial charge in [-0.05, 0) is 72.8 Å². The molecule has 3 aromatic rings. The Balaban J connectivity index is 1.36. The van der Waals surface area contributed by atoms with E-state index in [4.69, 9.17) is 23.2 Å². The molecule has 2 N–H and O–H groups in total. The van der Waals surface area contributed by atoms with Gasteiger partial charge in [0.15, 0.2) is 0 Å². The quantitative estimate of drug-likeness (QED) is 0.261. The third-order valence-corrected chi connectivity index (χ3v) is 6.88. The summed E-state index contributed by atoms with van der Waals surface area (Å²) in [6, 6.07) is 21.9. The number of halogens is 2. The summed E-state index contributed by atoms with van der Waals surface area (Å²) in [5, 5.41) is 7.20. The van der Waals surface area contributed by atoms with Crippen molar-refractivity contribution in [3.8, 4) is 0 Å². The van der Waals surface area contributed by atoms with Gasteiger partial charge in [-0.25, -0.2) is 0 Å². The van der Waals surface area contributed by atoms with Crippen LogP contribution in [0.25, 0.3) is 0 Å². The van der Waals surface area contributed by atoms with Crippen LogP contribution in [-0.2, 0) is 0 Å². The molecule has 0 aromatic heterocycles. The largest absolute Gasteiger partial charge is 0.351 e. The average Bonchev–Trinajstić information content (AvgIpc) is 2.81. The van der Waals surface area contributed by atoms with Crippen molar-refractivity contribution in [1.82, 2.24) is 10.6 Å². The molecule has 0 saturated carbocycles. The first-order chi connectivity index (χ1) is 15.5. The molecule has 0 saturated heterocycles. The fourth-order valence-corrected chi connectivity index (χ4v) is 4.49. The highest BCUT2D eigenvalue weighted by molar-refractivity contribution is 7.99. The van der Waals surface area contributed by atoms with Gasteiger partial charge in [-0.3, -0.25) is 9.59 Å². The Morgan fingerprint density at radius 3 is 1.28 bits per heavy atom. The minimum absolute atomic E-state index is 0.159. The Morgan fingerprint density at radius 2 is 0.938 bits per heavy atom. The van der Waals surface area contributed by atoms with Crippen LogP contribution in [0.2, 0.25) is 10.0 Å². The lowest BCUT2D eigenvalue weighted by atomic mass is 10.1. The van der Waals surface area contributed by atoms with Gasteiger partial charge in [-0.15, -0.1) is 23.5 Å². The summed E-state index contributed by atoms with van der Waals surface area (Å²) >= 11 is 15.0. The van der Waals surface area contributed by atoms with Crippen LogP contribution in [0.3, 0.4) is 0 Å². The normalized spacial score (nSPS) is 10.6. The molecule has 0 atom stereocenters. The van der Waals surface area contributed by atoms with E-state index in [0.717, 1.165) is 21.3 Å². The number of amides is 2. The number of carbonyl (C=O) groups excluding carboxylic acids is 2. The van der Waals surface area contributed by atoms with Gasteiger partial charge in [0.2, 0.25) is 0 Å². The molecule has 8 heteroatoms. The maximum Gasteiger partial charge on any atom is 0.251 e. The molecule has 2 amide bonds. The molecule has 0 fully saturated rings. The zero-order chi connectivity index (χ0) is 22.8. The average molecular weight is 505 g/mol. The minimum atomic E-state index is -0.159. The first-order valence-corrected chi connectivity index (χ1v) is 12.7. The molecule has 32 heavy (non-hydrogen) atoms. The van der Waals surface area contributed by atoms with Gasteiger partial charge in [-0.2, -0.15) is 0 Å². The second kappa shape index (κ2) is 12.8. The Kier molecular flexibility index (Phi) is 9.81. The fourth-order valence-electron chi connectivity index (χ4n) is 2.71. The van der Waals surface area contributed by atoms with Crippen molar-refractivity contribution in [2.24, 2.45) is 0 Å². The standard InChI is InChI=1S/C24H22Cl2N2O2S2/c25-19-5-9-21(10-6-19)31-15-13-27-23(29)17-1-2-18(4-3-17)24(30)28-14-16-32-22-11-7-20(26)8-12-22/h1-12H,13-16H2,(H,27,29)(H,28,30). The van der Waals surface area contributed by atoms with Crippen LogP contribution in [0.15, 0.2) is 82.6 Å². The molecule has 0 unspecified atom stereocenters. The molecule has 3 aromatic carbocycles. The molecule has 166 valence electrons. The van der Waals surface area contributed by atoms with Crippen molar-refractivity contribution >= 4 is 58.5 Å². The van der Waals surface area contributed by atoms with Gasteiger partial charge in [0.25, 0.3) is 11.8 Å². The van der Waals surface area contributed by atoms with E-state index in [0.29, 0.717) is 34.3 Å². The minimum Gasteiger partial charge on any atom is -0.351 e. The van der Waals surface area contributed by atoms with Gasteiger partial charge in [0.1, 0.15) is 0 Å². The zero-order valence-corrected chi connectivity index (χ0v) is 20.3. The maximum atomic E-state index is 12.3. The molecule has 0 spiro atoms. The van der Waals surface area contributed by atoms with Crippen LogP contribution in [0.5, 0.6) is 0 Å². The number of benzene rings is 3. The van der Waals surface area contributed by atoms with Gasteiger partial charge in [-0.1, -0.05) is 23.2 Å². The summed E-state index contributed by atoms with van der Waals surface area (Å²) in [7, 11) is 0. The van der Waals surface area contributed by atoms with Crippen molar-refractivity contribution in [3.05, 3.63) is 94.0 Å². The molecule has 0 bridgehead atoms. The number of thioether (sulfide) groups is 2. The lowest BCUT2D eigenvalue weighted by Gasteiger charge is -2.08. The van der Waals surface area contributed by atoms with Gasteiger partial charge in [0, 0.05) is 55.6 Å². The van der Waals surface area contributed by atoms with Crippen LogP contribution in [-0.4, -0.2) is 36.4 Å². The van der Waals surface area contributed by atoms with E-state index >= 15 is 0 Å². The number of carbonyl (C=O) groups is 2. The van der Waals surface area contributed by atoms with E-state index < -0.39 is 0 Å². The number of hydrogen-bond acceptors (Lipinski definition) is 4. The fraction of sp³-hybridized carbons (Fsp3) is 0.167. The molecular weight excluding hydrogens is 483 g/mol. The molecule has 0 radical (unpaired) electrons. The van der Waals surface area contributed by atoms with Crippen molar-refractivity contribution in [1.29, 1.82) is 0 Å². The van der Waals surface area contributed by atoms with Crippen molar-refractivity contribution in [2.75, 3.05) is 24.6 Å². The summed E-state index contributed by atoms with van der Waals surface area (Å²) in [4.78, 5) is 26.8. The Morgan fingerprint density at radius 1 is 0.594 bits per heavy atom. The van der Waals surface area contributed by atoms with Crippen molar-refractivity contribution < 1.29 is 9.59 Å². The van der Waals surface area contributed by atoms with E-state index in [1.165, 1.54) is 0 Å². The van der Waals surface area contributed by atoms with Gasteiger partial charge in [0.05, 0.1) is 0 Å². The highest BCUT2D eigenvalue weighted by Crippen LogP contribution is 2.20. The van der Waals surface area contributed by atoms with Crippen LogP contribution < -0.4 is 10.6 Å². The second-order valence-electron chi connectivity index (χ2n) is 6.69. The molecule has 3 rings (SSSR count). The topological polar surface area (TPSA) is 58.2 Å². The molecule has 0 heterocycles. The summed E-state index contributed by atoms with van der Waals surface area (Å²) in [5.74, 6) is 1.19. The highest BCUT2D eigenvalue weighted by atomic mass is 35.5. The Bertz CT molecular complexity index is 943. The lowest BCUT2D eigenvalue weighted by molar-refractivity contribution is 0.0944. The number of nitrogens with one attached hydrogen (secondary N) is 2. The maximum absolute atomic E-state index is 12.3. The van der Waals surface area contributed by atoms with E-state index in [1.54, 1.807) is 47.8 Å². The van der Waals surface area contributed by atoms with E-state index in [2.05, 4.69) is 10.6 Å². The zero-order valence-electron chi connectivity index (χ0n) is 17.1. The Hall–Kier alpha value is -2.12. The van der Waals surface area contributed by atoms with E-state index in [1.807, 2.05) is 48.5 Å². The molecular formula is C24H22Cl2N2O2S2. The van der Waals surface area contributed by atoms with Crippen molar-refractivity contribution in [3.63, 3.8) is 0 Å². The van der Waals surface area contributed by atoms with Crippen LogP contribution in [0, 0.1) is 0 Å². The summed E-state index contributed by atoms with van der Waals surface area (Å²) < 4.78 is 0. The molecule has 0 aliphatic heterocycles. The molecule has 0 aliphatic carbocycles.